The molecule has 0 spiro atoms. The van der Waals surface area contributed by atoms with E-state index in [1.165, 1.54) is 18.2 Å². The molecule has 196 valence electrons. The van der Waals surface area contributed by atoms with Crippen molar-refractivity contribution in [2.45, 2.75) is 37.8 Å². The van der Waals surface area contributed by atoms with Gasteiger partial charge in [-0.15, -0.1) is 0 Å². The first-order valence-electron chi connectivity index (χ1n) is 18.3. The quantitative estimate of drug-likeness (QED) is 0.192. The first kappa shape index (κ1) is 16.2. The summed E-state index contributed by atoms with van der Waals surface area (Å²) >= 11 is -2.26. The zero-order valence-corrected chi connectivity index (χ0v) is 24.3. The number of nitrogens with zero attached hydrogens (tertiary/aromatic N) is 2. The van der Waals surface area contributed by atoms with Crippen molar-refractivity contribution in [2.75, 3.05) is 0 Å². The Kier molecular flexibility index (Phi) is 3.97. The number of aromatic nitrogens is 1. The molecule has 0 atom stereocenters. The number of nitriles is 1. The van der Waals surface area contributed by atoms with E-state index >= 15 is 0 Å². The van der Waals surface area contributed by atoms with Crippen LogP contribution in [0.3, 0.4) is 0 Å². The summed E-state index contributed by atoms with van der Waals surface area (Å²) in [6, 6.07) is 19.5. The summed E-state index contributed by atoms with van der Waals surface area (Å²) < 4.78 is 101. The van der Waals surface area contributed by atoms with Crippen molar-refractivity contribution >= 4 is 39.6 Å². The van der Waals surface area contributed by atoms with Gasteiger partial charge < -0.3 is 4.42 Å². The van der Waals surface area contributed by atoms with Gasteiger partial charge in [-0.05, 0) is 24.2 Å². The van der Waals surface area contributed by atoms with Gasteiger partial charge in [-0.25, -0.2) is 0 Å². The van der Waals surface area contributed by atoms with Crippen molar-refractivity contribution in [3.05, 3.63) is 107 Å². The molecule has 0 bridgehead atoms. The van der Waals surface area contributed by atoms with Gasteiger partial charge >= 0.3 is 173 Å². The summed E-state index contributed by atoms with van der Waals surface area (Å²) in [5.41, 5.74) is -0.0543. The molecule has 0 N–H and O–H groups in total. The normalized spacial score (nSPS) is 16.7. The van der Waals surface area contributed by atoms with Crippen LogP contribution in [0.25, 0.3) is 55.4 Å². The van der Waals surface area contributed by atoms with Crippen LogP contribution in [0.2, 0.25) is 17.3 Å². The molecule has 0 fully saturated rings. The van der Waals surface area contributed by atoms with Crippen LogP contribution in [-0.4, -0.2) is 18.3 Å². The van der Waals surface area contributed by atoms with Gasteiger partial charge in [-0.3, -0.25) is 0 Å². The van der Waals surface area contributed by atoms with Crippen LogP contribution < -0.4 is 4.40 Å². The molecule has 0 saturated carbocycles. The minimum absolute atomic E-state index is 0.0579. The summed E-state index contributed by atoms with van der Waals surface area (Å²) in [5, 5.41) is 10.6. The van der Waals surface area contributed by atoms with Gasteiger partial charge in [0.2, 0.25) is 0 Å². The topological polar surface area (TPSA) is 49.8 Å². The fraction of sp³-hybridized carbons (Fsp3) is 0.167. The molecular weight excluding hydrogens is 549 g/mol. The third-order valence-corrected chi connectivity index (χ3v) is 11.5. The van der Waals surface area contributed by atoms with Crippen LogP contribution in [0.15, 0.2) is 89.4 Å². The van der Waals surface area contributed by atoms with E-state index in [1.54, 1.807) is 36.4 Å². The molecule has 0 radical (unpaired) electrons. The predicted octanol–water partition coefficient (Wildman–Crippen LogP) is 9.32. The van der Waals surface area contributed by atoms with Crippen LogP contribution in [0.4, 0.5) is 0 Å². The average molecular weight is 592 g/mol. The summed E-state index contributed by atoms with van der Waals surface area (Å²) in [4.78, 5) is 4.44. The second kappa shape index (κ2) is 9.80. The number of furan rings is 1. The zero-order chi connectivity index (χ0) is 37.4. The number of benzene rings is 4. The number of pyridine rings is 1. The van der Waals surface area contributed by atoms with Gasteiger partial charge in [-0.1, -0.05) is 12.1 Å². The Balaban J connectivity index is 1.69. The average Bonchev–Trinajstić information content (AvgIpc) is 3.42. The van der Waals surface area contributed by atoms with E-state index in [0.717, 1.165) is 10.6 Å². The number of aryl methyl sites for hydroxylation is 2. The second-order valence-electron chi connectivity index (χ2n) is 10.8. The molecule has 0 aliphatic heterocycles. The Morgan fingerprint density at radius 2 is 1.60 bits per heavy atom. The Labute approximate surface area is 253 Å². The SMILES string of the molecule is [2H]c1c(-c2cc(-c3cccc4c3oc3c([2H])c(C#N)ccc34)ncc2C([2H])([2H])[2H])c(C([2H])([2H])[2H])cc(-c2cc[c]([Ge]([CH3])([CH3])[CH3])cc2)c1C([2H])([2H])[2H]. The molecular formula is C36H32GeN2O. The van der Waals surface area contributed by atoms with E-state index in [0.29, 0.717) is 27.5 Å². The standard InChI is InChI=1S/C36H32GeN2O/c1-22-17-32(23(2)16-31(22)26-11-13-27(14-12-26)37(4,5)6)33-19-34(39-21-24(33)3)30-9-7-8-29-28-15-10-25(20-38)18-35(28)40-36(29)30/h7-19,21H,1-6H3/i1D3,2D3,3D3,17D,18D. The summed E-state index contributed by atoms with van der Waals surface area (Å²) in [6.07, 6.45) is 1.09. The number of para-hydroxylation sites is 1. The fourth-order valence-corrected chi connectivity index (χ4v) is 7.39. The van der Waals surface area contributed by atoms with Gasteiger partial charge in [0.05, 0.1) is 13.0 Å². The molecule has 3 nitrogen and oxygen atoms in total. The molecule has 0 saturated heterocycles. The van der Waals surface area contributed by atoms with Crippen molar-refractivity contribution in [1.29, 1.82) is 5.26 Å². The molecule has 2 aromatic heterocycles. The van der Waals surface area contributed by atoms with Crippen molar-refractivity contribution in [2.24, 2.45) is 0 Å². The fourth-order valence-electron chi connectivity index (χ4n) is 4.94. The summed E-state index contributed by atoms with van der Waals surface area (Å²) in [7, 11) is 0. The molecule has 0 amide bonds. The van der Waals surface area contributed by atoms with E-state index in [9.17, 15) is 6.63 Å². The Morgan fingerprint density at radius 1 is 0.800 bits per heavy atom. The van der Waals surface area contributed by atoms with Gasteiger partial charge in [0.1, 0.15) is 11.2 Å². The molecule has 6 rings (SSSR count). The first-order chi connectivity index (χ1) is 23.6. The molecule has 0 aliphatic rings. The van der Waals surface area contributed by atoms with Crippen molar-refractivity contribution in [1.82, 2.24) is 4.98 Å². The third kappa shape index (κ3) is 4.53. The summed E-state index contributed by atoms with van der Waals surface area (Å²) in [5.74, 6) is 6.64. The summed E-state index contributed by atoms with van der Waals surface area (Å²) in [6.45, 7) is -8.59. The van der Waals surface area contributed by atoms with Crippen molar-refractivity contribution in [3.63, 3.8) is 0 Å². The van der Waals surface area contributed by atoms with Crippen LogP contribution >= 0.6 is 0 Å². The number of rotatable bonds is 4. The number of hydrogen-bond acceptors (Lipinski definition) is 3. The van der Waals surface area contributed by atoms with E-state index in [2.05, 4.69) is 22.3 Å². The third-order valence-electron chi connectivity index (χ3n) is 7.13. The minimum atomic E-state index is -2.88. The maximum absolute atomic E-state index is 9.45. The van der Waals surface area contributed by atoms with E-state index in [1.807, 2.05) is 18.2 Å². The zero-order valence-electron chi connectivity index (χ0n) is 33.2. The number of fused-ring (bicyclic) bond motifs is 3. The monoisotopic (exact) mass is 593 g/mol. The van der Waals surface area contributed by atoms with E-state index in [4.69, 9.17) is 18.1 Å². The molecule has 4 heteroatoms. The molecule has 40 heavy (non-hydrogen) atoms. The second-order valence-corrected chi connectivity index (χ2v) is 21.5. The molecule has 0 aliphatic carbocycles. The molecule has 0 unspecified atom stereocenters. The van der Waals surface area contributed by atoms with Gasteiger partial charge in [-0.2, -0.15) is 5.26 Å². The number of hydrogen-bond donors (Lipinski definition) is 0. The molecule has 2 heterocycles. The predicted molar refractivity (Wildman–Crippen MR) is 170 cm³/mol. The van der Waals surface area contributed by atoms with Gasteiger partial charge in [0, 0.05) is 10.8 Å². The molecule has 6 aromatic rings. The molecule has 4 aromatic carbocycles. The van der Waals surface area contributed by atoms with Gasteiger partial charge in [0.25, 0.3) is 0 Å². The van der Waals surface area contributed by atoms with Crippen molar-refractivity contribution < 1.29 is 19.5 Å². The van der Waals surface area contributed by atoms with Crippen LogP contribution in [0, 0.1) is 31.9 Å². The van der Waals surface area contributed by atoms with Crippen LogP contribution in [-0.2, 0) is 0 Å². The first-order valence-corrected chi connectivity index (χ1v) is 20.1. The van der Waals surface area contributed by atoms with Crippen LogP contribution in [0.5, 0.6) is 0 Å². The Hall–Kier alpha value is -4.14. The van der Waals surface area contributed by atoms with E-state index < -0.39 is 45.4 Å². The maximum atomic E-state index is 9.45. The Morgan fingerprint density at radius 3 is 2.33 bits per heavy atom. The van der Waals surface area contributed by atoms with E-state index in [-0.39, 0.29) is 50.7 Å². The van der Waals surface area contributed by atoms with Crippen molar-refractivity contribution in [3.8, 4) is 39.6 Å². The van der Waals surface area contributed by atoms with Crippen LogP contribution in [0.1, 0.15) is 37.3 Å². The van der Waals surface area contributed by atoms with Gasteiger partial charge in [0.15, 0.2) is 0 Å². The Bertz CT molecular complexity index is 2390.